The largest absolute Gasteiger partial charge is 0.490 e. The maximum Gasteiger partial charge on any atom is 0.490 e. The first-order valence-electron chi connectivity index (χ1n) is 10.7. The van der Waals surface area contributed by atoms with Crippen LogP contribution in [0.1, 0.15) is 28.5 Å². The normalized spacial score (nSPS) is 14.9. The van der Waals surface area contributed by atoms with Crippen LogP contribution in [0.5, 0.6) is 0 Å². The number of rotatable bonds is 6. The van der Waals surface area contributed by atoms with E-state index in [9.17, 15) is 18.0 Å². The van der Waals surface area contributed by atoms with Gasteiger partial charge in [-0.05, 0) is 29.2 Å². The lowest BCUT2D eigenvalue weighted by Gasteiger charge is -2.22. The molecule has 1 aromatic heterocycles. The number of carbonyl (C=O) groups excluding carboxylic acids is 1. The number of aromatic nitrogens is 2. The zero-order valence-corrected chi connectivity index (χ0v) is 19.2. The Morgan fingerprint density at radius 2 is 1.80 bits per heavy atom. The van der Waals surface area contributed by atoms with Crippen molar-refractivity contribution in [2.45, 2.75) is 31.7 Å². The van der Waals surface area contributed by atoms with E-state index < -0.39 is 12.1 Å². The van der Waals surface area contributed by atoms with Crippen molar-refractivity contribution in [2.75, 3.05) is 13.2 Å². The molecule has 0 radical (unpaired) electrons. The molecule has 186 valence electrons. The summed E-state index contributed by atoms with van der Waals surface area (Å²) in [7, 11) is 0. The van der Waals surface area contributed by atoms with Crippen molar-refractivity contribution in [1.82, 2.24) is 15.1 Å². The third kappa shape index (κ3) is 7.83. The van der Waals surface area contributed by atoms with Gasteiger partial charge in [-0.15, -0.1) is 0 Å². The number of benzene rings is 2. The van der Waals surface area contributed by atoms with Crippen LogP contribution in [-0.4, -0.2) is 46.1 Å². The van der Waals surface area contributed by atoms with Crippen molar-refractivity contribution in [3.05, 3.63) is 88.2 Å². The van der Waals surface area contributed by atoms with E-state index in [1.807, 2.05) is 41.1 Å². The summed E-state index contributed by atoms with van der Waals surface area (Å²) in [5.41, 5.74) is 4.12. The number of amides is 1. The Hall–Kier alpha value is -3.37. The Balaban J connectivity index is 0.000000429. The van der Waals surface area contributed by atoms with Gasteiger partial charge >= 0.3 is 12.1 Å². The fraction of sp³-hybridized carbons (Fsp3) is 0.292. The summed E-state index contributed by atoms with van der Waals surface area (Å²) in [6.45, 7) is 1.76. The van der Waals surface area contributed by atoms with Crippen LogP contribution in [0.4, 0.5) is 13.2 Å². The van der Waals surface area contributed by atoms with Gasteiger partial charge in [-0.2, -0.15) is 18.3 Å². The lowest BCUT2D eigenvalue weighted by molar-refractivity contribution is -0.192. The summed E-state index contributed by atoms with van der Waals surface area (Å²) in [6.07, 6.45) is -2.13. The minimum atomic E-state index is -5.08. The minimum absolute atomic E-state index is 0.0764. The number of nitrogens with one attached hydrogen (secondary N) is 1. The van der Waals surface area contributed by atoms with Gasteiger partial charge in [0.2, 0.25) is 5.91 Å². The Kier molecular flexibility index (Phi) is 8.89. The Morgan fingerprint density at radius 1 is 1.14 bits per heavy atom. The van der Waals surface area contributed by atoms with Gasteiger partial charge in [0.05, 0.1) is 25.3 Å². The van der Waals surface area contributed by atoms with Crippen LogP contribution in [0.15, 0.2) is 60.8 Å². The first-order chi connectivity index (χ1) is 16.6. The van der Waals surface area contributed by atoms with Crippen LogP contribution < -0.4 is 5.32 Å². The number of carboxylic acids is 1. The molecule has 35 heavy (non-hydrogen) atoms. The van der Waals surface area contributed by atoms with Crippen molar-refractivity contribution in [3.63, 3.8) is 0 Å². The van der Waals surface area contributed by atoms with Gasteiger partial charge in [-0.25, -0.2) is 4.79 Å². The second-order valence-corrected chi connectivity index (χ2v) is 8.11. The number of aliphatic carboxylic acids is 1. The van der Waals surface area contributed by atoms with Gasteiger partial charge in [-0.1, -0.05) is 60.1 Å². The molecule has 0 aliphatic carbocycles. The lowest BCUT2D eigenvalue weighted by Crippen LogP contribution is -2.32. The SMILES string of the molecule is O=C(Cc1ccccc1Cl)NCC1OCCc2cn(Cc3ccccc3)nc21.O=C(O)C(F)(F)F. The van der Waals surface area contributed by atoms with E-state index in [0.717, 1.165) is 24.2 Å². The number of hydrogen-bond acceptors (Lipinski definition) is 4. The molecular weight excluding hydrogens is 487 g/mol. The summed E-state index contributed by atoms with van der Waals surface area (Å²) in [5.74, 6) is -2.83. The van der Waals surface area contributed by atoms with Crippen LogP contribution in [0.2, 0.25) is 5.02 Å². The van der Waals surface area contributed by atoms with Gasteiger partial charge in [0, 0.05) is 17.8 Å². The average molecular weight is 510 g/mol. The molecular formula is C24H23ClF3N3O4. The predicted octanol–water partition coefficient (Wildman–Crippen LogP) is 4.19. The van der Waals surface area contributed by atoms with Crippen LogP contribution in [0.3, 0.4) is 0 Å². The van der Waals surface area contributed by atoms with Crippen molar-refractivity contribution in [3.8, 4) is 0 Å². The molecule has 11 heteroatoms. The molecule has 0 fully saturated rings. The second-order valence-electron chi connectivity index (χ2n) is 7.71. The lowest BCUT2D eigenvalue weighted by atomic mass is 10.1. The van der Waals surface area contributed by atoms with Crippen LogP contribution in [0.25, 0.3) is 0 Å². The van der Waals surface area contributed by atoms with Crippen molar-refractivity contribution in [1.29, 1.82) is 0 Å². The number of fused-ring (bicyclic) bond motifs is 1. The first kappa shape index (κ1) is 26.2. The van der Waals surface area contributed by atoms with E-state index in [4.69, 9.17) is 31.3 Å². The highest BCUT2D eigenvalue weighted by molar-refractivity contribution is 6.31. The molecule has 1 atom stereocenters. The first-order valence-corrected chi connectivity index (χ1v) is 11.0. The molecule has 0 spiro atoms. The van der Waals surface area contributed by atoms with Crippen molar-refractivity contribution >= 4 is 23.5 Å². The minimum Gasteiger partial charge on any atom is -0.475 e. The Labute approximate surface area is 204 Å². The zero-order chi connectivity index (χ0) is 25.4. The van der Waals surface area contributed by atoms with Gasteiger partial charge in [0.15, 0.2) is 0 Å². The van der Waals surface area contributed by atoms with Gasteiger partial charge in [-0.3, -0.25) is 9.48 Å². The zero-order valence-electron chi connectivity index (χ0n) is 18.5. The summed E-state index contributed by atoms with van der Waals surface area (Å²) < 4.78 is 39.6. The molecule has 0 bridgehead atoms. The number of ether oxygens (including phenoxy) is 1. The number of alkyl halides is 3. The average Bonchev–Trinajstić information content (AvgIpc) is 3.22. The van der Waals surface area contributed by atoms with E-state index in [0.29, 0.717) is 18.2 Å². The molecule has 0 saturated carbocycles. The highest BCUT2D eigenvalue weighted by atomic mass is 35.5. The van der Waals surface area contributed by atoms with Crippen molar-refractivity contribution < 1.29 is 32.6 Å². The number of carbonyl (C=O) groups is 2. The number of halogens is 4. The molecule has 1 aliphatic rings. The van der Waals surface area contributed by atoms with E-state index in [1.54, 1.807) is 6.07 Å². The van der Waals surface area contributed by atoms with Crippen LogP contribution >= 0.6 is 11.6 Å². The summed E-state index contributed by atoms with van der Waals surface area (Å²) in [5, 5.41) is 15.4. The van der Waals surface area contributed by atoms with E-state index in [-0.39, 0.29) is 18.4 Å². The summed E-state index contributed by atoms with van der Waals surface area (Å²) in [4.78, 5) is 21.2. The number of nitrogens with zero attached hydrogens (tertiary/aromatic N) is 2. The molecule has 1 amide bonds. The quantitative estimate of drug-likeness (QED) is 0.520. The molecule has 7 nitrogen and oxygen atoms in total. The van der Waals surface area contributed by atoms with Crippen LogP contribution in [-0.2, 0) is 33.7 Å². The molecule has 2 heterocycles. The third-order valence-electron chi connectivity index (χ3n) is 5.09. The molecule has 4 rings (SSSR count). The summed E-state index contributed by atoms with van der Waals surface area (Å²) >= 11 is 6.14. The monoisotopic (exact) mass is 509 g/mol. The Bertz CT molecular complexity index is 1150. The van der Waals surface area contributed by atoms with Gasteiger partial charge in [0.1, 0.15) is 6.10 Å². The highest BCUT2D eigenvalue weighted by Gasteiger charge is 2.38. The van der Waals surface area contributed by atoms with E-state index >= 15 is 0 Å². The number of carboxylic acid groups (broad SMARTS) is 1. The van der Waals surface area contributed by atoms with E-state index in [2.05, 4.69) is 23.6 Å². The standard InChI is InChI=1S/C22H22ClN3O2.C2HF3O2/c23-19-9-5-4-8-17(19)12-21(27)24-13-20-22-18(10-11-28-20)15-26(25-22)14-16-6-2-1-3-7-16;3-2(4,5)1(6)7/h1-9,15,20H,10-14H2,(H,24,27);(H,6,7). The molecule has 1 aliphatic heterocycles. The fourth-order valence-electron chi connectivity index (χ4n) is 3.42. The van der Waals surface area contributed by atoms with Gasteiger partial charge < -0.3 is 15.2 Å². The maximum atomic E-state index is 12.3. The predicted molar refractivity (Wildman–Crippen MR) is 122 cm³/mol. The summed E-state index contributed by atoms with van der Waals surface area (Å²) in [6, 6.07) is 17.6. The number of hydrogen-bond donors (Lipinski definition) is 2. The molecule has 2 aromatic carbocycles. The molecule has 1 unspecified atom stereocenters. The highest BCUT2D eigenvalue weighted by Crippen LogP contribution is 2.25. The van der Waals surface area contributed by atoms with Crippen LogP contribution in [0, 0.1) is 0 Å². The van der Waals surface area contributed by atoms with Crippen molar-refractivity contribution in [2.24, 2.45) is 0 Å². The van der Waals surface area contributed by atoms with Gasteiger partial charge in [0.25, 0.3) is 0 Å². The maximum absolute atomic E-state index is 12.3. The molecule has 3 aromatic rings. The smallest absolute Gasteiger partial charge is 0.475 e. The molecule has 0 saturated heterocycles. The molecule has 2 N–H and O–H groups in total. The second kappa shape index (κ2) is 11.9. The fourth-order valence-corrected chi connectivity index (χ4v) is 3.62. The Morgan fingerprint density at radius 3 is 2.46 bits per heavy atom. The topological polar surface area (TPSA) is 93.5 Å². The third-order valence-corrected chi connectivity index (χ3v) is 5.46. The van der Waals surface area contributed by atoms with E-state index in [1.165, 1.54) is 11.1 Å².